The maximum Gasteiger partial charge on any atom is 0.311 e. The lowest BCUT2D eigenvalue weighted by Gasteiger charge is -2.05. The largest absolute Gasteiger partial charge is 0.396 e. The van der Waals surface area contributed by atoms with Crippen molar-refractivity contribution in [3.63, 3.8) is 0 Å². The molecule has 0 spiro atoms. The first kappa shape index (κ1) is 9.62. The zero-order valence-electron chi connectivity index (χ0n) is 6.80. The summed E-state index contributed by atoms with van der Waals surface area (Å²) >= 11 is 0. The molecule has 1 heterocycles. The van der Waals surface area contributed by atoms with Crippen LogP contribution in [-0.4, -0.2) is 26.8 Å². The number of nitrogens with zero attached hydrogens (tertiary/aromatic N) is 2. The van der Waals surface area contributed by atoms with Crippen LogP contribution >= 0.6 is 0 Å². The van der Waals surface area contributed by atoms with E-state index in [-0.39, 0.29) is 24.4 Å². The summed E-state index contributed by atoms with van der Waals surface area (Å²) < 4.78 is 0. The Bertz CT molecular complexity index is 298. The summed E-state index contributed by atoms with van der Waals surface area (Å²) in [4.78, 5) is 9.86. The second-order valence-electron chi connectivity index (χ2n) is 2.54. The van der Waals surface area contributed by atoms with Crippen molar-refractivity contribution in [1.29, 1.82) is 0 Å². The Hall–Kier alpha value is -1.47. The quantitative estimate of drug-likeness (QED) is 0.440. The van der Waals surface area contributed by atoms with Crippen molar-refractivity contribution in [2.24, 2.45) is 5.73 Å². The number of rotatable bonds is 4. The Balaban J connectivity index is 2.86. The van der Waals surface area contributed by atoms with Crippen LogP contribution in [0.15, 0.2) is 6.20 Å². The van der Waals surface area contributed by atoms with Crippen molar-refractivity contribution in [2.45, 2.75) is 12.5 Å². The van der Waals surface area contributed by atoms with Crippen LogP contribution in [0.25, 0.3) is 0 Å². The van der Waals surface area contributed by atoms with Gasteiger partial charge in [-0.25, -0.2) is 0 Å². The first-order chi connectivity index (χ1) is 6.16. The van der Waals surface area contributed by atoms with Crippen LogP contribution in [0.5, 0.6) is 0 Å². The zero-order valence-corrected chi connectivity index (χ0v) is 6.80. The second-order valence-corrected chi connectivity index (χ2v) is 2.54. The fourth-order valence-corrected chi connectivity index (χ4v) is 0.992. The van der Waals surface area contributed by atoms with E-state index in [1.165, 1.54) is 0 Å². The van der Waals surface area contributed by atoms with Crippen molar-refractivity contribution in [1.82, 2.24) is 10.2 Å². The van der Waals surface area contributed by atoms with E-state index in [0.29, 0.717) is 0 Å². The first-order valence-electron chi connectivity index (χ1n) is 3.71. The van der Waals surface area contributed by atoms with E-state index in [9.17, 15) is 10.1 Å². The fraction of sp³-hybridized carbons (Fsp3) is 0.500. The number of hydrogen-bond acceptors (Lipinski definition) is 5. The topological polar surface area (TPSA) is 118 Å². The van der Waals surface area contributed by atoms with E-state index in [1.54, 1.807) is 0 Å². The van der Waals surface area contributed by atoms with E-state index in [4.69, 9.17) is 10.8 Å². The van der Waals surface area contributed by atoms with Gasteiger partial charge in [0.1, 0.15) is 11.9 Å². The summed E-state index contributed by atoms with van der Waals surface area (Å²) in [7, 11) is 0. The minimum Gasteiger partial charge on any atom is -0.396 e. The molecule has 1 atom stereocenters. The number of nitro groups is 1. The number of aromatic nitrogens is 2. The molecular weight excluding hydrogens is 176 g/mol. The number of hydrogen-bond donors (Lipinski definition) is 3. The van der Waals surface area contributed by atoms with Gasteiger partial charge in [0, 0.05) is 6.61 Å². The van der Waals surface area contributed by atoms with Gasteiger partial charge in [-0.15, -0.1) is 0 Å². The first-order valence-corrected chi connectivity index (χ1v) is 3.71. The van der Waals surface area contributed by atoms with Gasteiger partial charge in [-0.1, -0.05) is 0 Å². The predicted octanol–water partition coefficient (Wildman–Crippen LogP) is -0.300. The molecule has 1 aromatic heterocycles. The third kappa shape index (κ3) is 2.01. The van der Waals surface area contributed by atoms with Crippen LogP contribution < -0.4 is 5.73 Å². The van der Waals surface area contributed by atoms with E-state index in [1.807, 2.05) is 0 Å². The fourth-order valence-electron chi connectivity index (χ4n) is 0.992. The van der Waals surface area contributed by atoms with Crippen LogP contribution in [0.2, 0.25) is 0 Å². The summed E-state index contributed by atoms with van der Waals surface area (Å²) in [6.45, 7) is -0.114. The van der Waals surface area contributed by atoms with Crippen LogP contribution in [0.3, 0.4) is 0 Å². The third-order valence-corrected chi connectivity index (χ3v) is 1.66. The van der Waals surface area contributed by atoms with Crippen LogP contribution in [0.4, 0.5) is 5.69 Å². The highest BCUT2D eigenvalue weighted by Crippen LogP contribution is 2.21. The van der Waals surface area contributed by atoms with Crippen molar-refractivity contribution < 1.29 is 10.0 Å². The third-order valence-electron chi connectivity index (χ3n) is 1.66. The molecule has 0 radical (unpaired) electrons. The van der Waals surface area contributed by atoms with Crippen molar-refractivity contribution >= 4 is 5.69 Å². The van der Waals surface area contributed by atoms with Crippen LogP contribution in [-0.2, 0) is 0 Å². The Kier molecular flexibility index (Phi) is 2.93. The molecule has 0 amide bonds. The summed E-state index contributed by atoms with van der Waals surface area (Å²) in [6.07, 6.45) is 1.37. The highest BCUT2D eigenvalue weighted by molar-refractivity contribution is 5.34. The van der Waals surface area contributed by atoms with E-state index in [0.717, 1.165) is 6.20 Å². The average molecular weight is 186 g/mol. The molecule has 72 valence electrons. The molecule has 0 saturated carbocycles. The predicted molar refractivity (Wildman–Crippen MR) is 43.9 cm³/mol. The molecule has 1 rings (SSSR count). The minimum absolute atomic E-state index is 0.114. The smallest absolute Gasteiger partial charge is 0.311 e. The van der Waals surface area contributed by atoms with Crippen molar-refractivity contribution in [2.75, 3.05) is 6.61 Å². The van der Waals surface area contributed by atoms with Gasteiger partial charge in [0.2, 0.25) is 0 Å². The molecule has 0 aliphatic heterocycles. The van der Waals surface area contributed by atoms with Gasteiger partial charge in [0.15, 0.2) is 0 Å². The Labute approximate surface area is 73.7 Å². The lowest BCUT2D eigenvalue weighted by molar-refractivity contribution is -0.385. The standard InChI is InChI=1S/C6H10N4O3/c7-4(1-2-11)6-5(10(12)13)3-8-9-6/h3-4,11H,1-2,7H2,(H,8,9). The maximum atomic E-state index is 10.4. The molecule has 0 saturated heterocycles. The lowest BCUT2D eigenvalue weighted by Crippen LogP contribution is -2.13. The summed E-state index contributed by atoms with van der Waals surface area (Å²) in [6, 6.07) is -0.576. The van der Waals surface area contributed by atoms with Gasteiger partial charge >= 0.3 is 5.69 Å². The van der Waals surface area contributed by atoms with E-state index >= 15 is 0 Å². The molecule has 1 aromatic rings. The molecule has 0 aliphatic carbocycles. The molecular formula is C6H10N4O3. The van der Waals surface area contributed by atoms with Gasteiger partial charge in [-0.05, 0) is 6.42 Å². The highest BCUT2D eigenvalue weighted by Gasteiger charge is 2.21. The van der Waals surface area contributed by atoms with Gasteiger partial charge in [-0.2, -0.15) is 5.10 Å². The number of aromatic amines is 1. The van der Waals surface area contributed by atoms with Gasteiger partial charge in [-0.3, -0.25) is 15.2 Å². The van der Waals surface area contributed by atoms with Crippen LogP contribution in [0.1, 0.15) is 18.2 Å². The number of H-pyrrole nitrogens is 1. The van der Waals surface area contributed by atoms with Gasteiger partial charge in [0.25, 0.3) is 0 Å². The number of nitrogens with two attached hydrogens (primary N) is 1. The van der Waals surface area contributed by atoms with E-state index in [2.05, 4.69) is 10.2 Å². The molecule has 0 aliphatic rings. The van der Waals surface area contributed by atoms with Crippen molar-refractivity contribution in [3.05, 3.63) is 22.0 Å². The average Bonchev–Trinajstić information content (AvgIpc) is 2.52. The number of aliphatic hydroxyl groups excluding tert-OH is 1. The summed E-state index contributed by atoms with van der Waals surface area (Å²) in [5, 5.41) is 25.0. The van der Waals surface area contributed by atoms with Crippen molar-refractivity contribution in [3.8, 4) is 0 Å². The Morgan fingerprint density at radius 1 is 1.85 bits per heavy atom. The van der Waals surface area contributed by atoms with Crippen LogP contribution in [0, 0.1) is 10.1 Å². The molecule has 7 nitrogen and oxygen atoms in total. The normalized spacial score (nSPS) is 12.8. The molecule has 13 heavy (non-hydrogen) atoms. The molecule has 1 unspecified atom stereocenters. The Morgan fingerprint density at radius 3 is 3.08 bits per heavy atom. The van der Waals surface area contributed by atoms with Gasteiger partial charge in [0.05, 0.1) is 11.0 Å². The molecule has 7 heteroatoms. The highest BCUT2D eigenvalue weighted by atomic mass is 16.6. The molecule has 0 fully saturated rings. The summed E-state index contributed by atoms with van der Waals surface area (Å²) in [5.41, 5.74) is 5.66. The number of nitrogens with one attached hydrogen (secondary N) is 1. The van der Waals surface area contributed by atoms with Gasteiger partial charge < -0.3 is 10.8 Å². The second kappa shape index (κ2) is 3.97. The molecule has 4 N–H and O–H groups in total. The molecule has 0 aromatic carbocycles. The lowest BCUT2D eigenvalue weighted by atomic mass is 10.1. The monoisotopic (exact) mass is 186 g/mol. The Morgan fingerprint density at radius 2 is 2.54 bits per heavy atom. The summed E-state index contributed by atoms with van der Waals surface area (Å²) in [5.74, 6) is 0. The van der Waals surface area contributed by atoms with E-state index < -0.39 is 11.0 Å². The minimum atomic E-state index is -0.576. The maximum absolute atomic E-state index is 10.4. The SMILES string of the molecule is NC(CCO)c1[nH]ncc1[N+](=O)[O-]. The number of aliphatic hydroxyl groups is 1. The molecule has 0 bridgehead atoms. The zero-order chi connectivity index (χ0) is 9.84.